The zero-order valence-corrected chi connectivity index (χ0v) is 12.2. The molecular formula is C12H11ClN2O2S2. The van der Waals surface area contributed by atoms with Gasteiger partial charge in [0.1, 0.15) is 0 Å². The Balaban J connectivity index is 1.92. The first-order valence-electron chi connectivity index (χ1n) is 5.60. The molecule has 2 N–H and O–H groups in total. The summed E-state index contributed by atoms with van der Waals surface area (Å²) in [6.45, 7) is 0. The van der Waals surface area contributed by atoms with Gasteiger partial charge in [0.25, 0.3) is 5.91 Å². The fourth-order valence-electron chi connectivity index (χ4n) is 1.63. The van der Waals surface area contributed by atoms with E-state index in [4.69, 9.17) is 23.8 Å². The Hall–Kier alpha value is -1.11. The fraction of sp³-hybridized carbons (Fsp3) is 0.250. The number of carbonyl (C=O) groups excluding carboxylic acids is 2. The van der Waals surface area contributed by atoms with Gasteiger partial charge in [-0.05, 0) is 36.8 Å². The average Bonchev–Trinajstić information content (AvgIpc) is 2.75. The van der Waals surface area contributed by atoms with Crippen molar-refractivity contribution in [1.82, 2.24) is 10.6 Å². The van der Waals surface area contributed by atoms with Gasteiger partial charge in [0.2, 0.25) is 5.12 Å². The molecule has 0 bridgehead atoms. The standard InChI is InChI=1S/C12H11ClN2O2S2/c13-8-3-1-2-7(6-8)10(16)15-12(18)14-9-4-5-19-11(9)17/h1-3,6,9H,4-5H2,(H2,14,15,16,18)/t9-/m1/s1. The molecule has 2 rings (SSSR count). The third kappa shape index (κ3) is 3.92. The second-order valence-corrected chi connectivity index (χ2v) is 5.89. The number of carbonyl (C=O) groups is 2. The van der Waals surface area contributed by atoms with Crippen LogP contribution in [0, 0.1) is 0 Å². The molecule has 100 valence electrons. The van der Waals surface area contributed by atoms with E-state index in [-0.39, 0.29) is 22.2 Å². The number of rotatable bonds is 2. The van der Waals surface area contributed by atoms with Crippen molar-refractivity contribution in [2.24, 2.45) is 0 Å². The van der Waals surface area contributed by atoms with Crippen LogP contribution in [0.1, 0.15) is 16.8 Å². The van der Waals surface area contributed by atoms with Gasteiger partial charge < -0.3 is 5.32 Å². The van der Waals surface area contributed by atoms with Crippen LogP contribution in [-0.4, -0.2) is 27.9 Å². The summed E-state index contributed by atoms with van der Waals surface area (Å²) in [5.41, 5.74) is 0.420. The molecule has 0 unspecified atom stereocenters. The molecule has 4 nitrogen and oxygen atoms in total. The van der Waals surface area contributed by atoms with Crippen molar-refractivity contribution in [2.45, 2.75) is 12.5 Å². The summed E-state index contributed by atoms with van der Waals surface area (Å²) in [6.07, 6.45) is 0.719. The van der Waals surface area contributed by atoms with E-state index >= 15 is 0 Å². The average molecular weight is 315 g/mol. The van der Waals surface area contributed by atoms with Crippen LogP contribution < -0.4 is 10.6 Å². The molecule has 1 amide bonds. The number of thiocarbonyl (C=S) groups is 1. The van der Waals surface area contributed by atoms with E-state index < -0.39 is 0 Å². The van der Waals surface area contributed by atoms with E-state index in [2.05, 4.69) is 10.6 Å². The first-order chi connectivity index (χ1) is 9.06. The van der Waals surface area contributed by atoms with Crippen LogP contribution in [0.15, 0.2) is 24.3 Å². The predicted octanol–water partition coefficient (Wildman–Crippen LogP) is 1.98. The Morgan fingerprint density at radius 1 is 1.47 bits per heavy atom. The number of benzene rings is 1. The zero-order valence-electron chi connectivity index (χ0n) is 9.81. The summed E-state index contributed by atoms with van der Waals surface area (Å²) < 4.78 is 0. The van der Waals surface area contributed by atoms with Crippen molar-refractivity contribution in [3.05, 3.63) is 34.9 Å². The monoisotopic (exact) mass is 314 g/mol. The van der Waals surface area contributed by atoms with Crippen LogP contribution >= 0.6 is 35.6 Å². The van der Waals surface area contributed by atoms with Gasteiger partial charge in [-0.25, -0.2) is 0 Å². The third-order valence-electron chi connectivity index (χ3n) is 2.55. The van der Waals surface area contributed by atoms with Gasteiger partial charge >= 0.3 is 0 Å². The summed E-state index contributed by atoms with van der Waals surface area (Å²) in [6, 6.07) is 6.25. The molecule has 1 fully saturated rings. The minimum absolute atomic E-state index is 0.0550. The summed E-state index contributed by atoms with van der Waals surface area (Å²) in [5.74, 6) is 0.430. The topological polar surface area (TPSA) is 58.2 Å². The molecule has 19 heavy (non-hydrogen) atoms. The smallest absolute Gasteiger partial charge is 0.257 e. The molecule has 1 saturated heterocycles. The molecule has 0 aliphatic carbocycles. The molecular weight excluding hydrogens is 304 g/mol. The molecule has 0 saturated carbocycles. The normalized spacial score (nSPS) is 18.2. The highest BCUT2D eigenvalue weighted by atomic mass is 35.5. The third-order valence-corrected chi connectivity index (χ3v) is 4.02. The molecule has 7 heteroatoms. The summed E-state index contributed by atoms with van der Waals surface area (Å²) in [7, 11) is 0. The number of nitrogens with one attached hydrogen (secondary N) is 2. The van der Waals surface area contributed by atoms with Crippen molar-refractivity contribution in [2.75, 3.05) is 5.75 Å². The Labute approximate surface area is 125 Å². The highest BCUT2D eigenvalue weighted by molar-refractivity contribution is 8.14. The maximum absolute atomic E-state index is 11.9. The lowest BCUT2D eigenvalue weighted by Gasteiger charge is -2.13. The minimum atomic E-state index is -0.349. The Morgan fingerprint density at radius 3 is 2.89 bits per heavy atom. The van der Waals surface area contributed by atoms with E-state index in [9.17, 15) is 9.59 Å². The van der Waals surface area contributed by atoms with Crippen LogP contribution in [0.4, 0.5) is 0 Å². The van der Waals surface area contributed by atoms with Crippen molar-refractivity contribution in [1.29, 1.82) is 0 Å². The fourth-order valence-corrected chi connectivity index (χ4v) is 2.98. The van der Waals surface area contributed by atoms with Crippen LogP contribution in [0.5, 0.6) is 0 Å². The second-order valence-electron chi connectivity index (χ2n) is 3.95. The van der Waals surface area contributed by atoms with Crippen molar-refractivity contribution >= 4 is 51.7 Å². The highest BCUT2D eigenvalue weighted by Gasteiger charge is 2.26. The number of thioether (sulfide) groups is 1. The van der Waals surface area contributed by atoms with Crippen LogP contribution in [0.25, 0.3) is 0 Å². The lowest BCUT2D eigenvalue weighted by molar-refractivity contribution is -0.111. The zero-order chi connectivity index (χ0) is 13.8. The van der Waals surface area contributed by atoms with Crippen molar-refractivity contribution < 1.29 is 9.59 Å². The van der Waals surface area contributed by atoms with Crippen LogP contribution in [0.3, 0.4) is 0 Å². The van der Waals surface area contributed by atoms with E-state index in [1.165, 1.54) is 11.8 Å². The maximum atomic E-state index is 11.9. The Kier molecular flexibility index (Phi) is 4.79. The van der Waals surface area contributed by atoms with Gasteiger partial charge in [-0.1, -0.05) is 29.4 Å². The first kappa shape index (κ1) is 14.3. The highest BCUT2D eigenvalue weighted by Crippen LogP contribution is 2.19. The molecule has 1 heterocycles. The number of hydrogen-bond donors (Lipinski definition) is 2. The molecule has 1 aliphatic heterocycles. The first-order valence-corrected chi connectivity index (χ1v) is 7.37. The summed E-state index contributed by atoms with van der Waals surface area (Å²) in [5, 5.41) is 6.07. The van der Waals surface area contributed by atoms with Gasteiger partial charge in [-0.15, -0.1) is 0 Å². The van der Waals surface area contributed by atoms with Gasteiger partial charge in [0.05, 0.1) is 6.04 Å². The predicted molar refractivity (Wildman–Crippen MR) is 80.5 cm³/mol. The van der Waals surface area contributed by atoms with Gasteiger partial charge in [0, 0.05) is 16.3 Å². The number of halogens is 1. The van der Waals surface area contributed by atoms with Gasteiger partial charge in [-0.2, -0.15) is 0 Å². The quantitative estimate of drug-likeness (QED) is 0.818. The largest absolute Gasteiger partial charge is 0.352 e. The lowest BCUT2D eigenvalue weighted by atomic mass is 10.2. The summed E-state index contributed by atoms with van der Waals surface area (Å²) >= 11 is 12.1. The van der Waals surface area contributed by atoms with E-state index in [0.29, 0.717) is 10.6 Å². The molecule has 1 aromatic rings. The van der Waals surface area contributed by atoms with Crippen molar-refractivity contribution in [3.63, 3.8) is 0 Å². The van der Waals surface area contributed by atoms with Crippen LogP contribution in [-0.2, 0) is 4.79 Å². The Bertz CT molecular complexity index is 536. The van der Waals surface area contributed by atoms with Crippen LogP contribution in [0.2, 0.25) is 5.02 Å². The molecule has 1 aliphatic rings. The molecule has 1 aromatic carbocycles. The summed E-state index contributed by atoms with van der Waals surface area (Å²) in [4.78, 5) is 23.3. The van der Waals surface area contributed by atoms with E-state index in [1.807, 2.05) is 0 Å². The maximum Gasteiger partial charge on any atom is 0.257 e. The van der Waals surface area contributed by atoms with Crippen molar-refractivity contribution in [3.8, 4) is 0 Å². The number of amides is 1. The molecule has 1 atom stereocenters. The van der Waals surface area contributed by atoms with Gasteiger partial charge in [-0.3, -0.25) is 14.9 Å². The molecule has 0 aromatic heterocycles. The molecule has 0 radical (unpaired) electrons. The second kappa shape index (κ2) is 6.36. The van der Waals surface area contributed by atoms with E-state index in [0.717, 1.165) is 12.2 Å². The SMILES string of the molecule is O=C(NC(=S)N[C@@H]1CCSC1=O)c1cccc(Cl)c1. The van der Waals surface area contributed by atoms with Gasteiger partial charge in [0.15, 0.2) is 5.11 Å². The minimum Gasteiger partial charge on any atom is -0.352 e. The molecule has 0 spiro atoms. The number of hydrogen-bond acceptors (Lipinski definition) is 4. The van der Waals surface area contributed by atoms with E-state index in [1.54, 1.807) is 24.3 Å². The Morgan fingerprint density at radius 2 is 2.26 bits per heavy atom. The lowest BCUT2D eigenvalue weighted by Crippen LogP contribution is -2.45.